The average molecular weight is 541 g/mol. The van der Waals surface area contributed by atoms with E-state index < -0.39 is 11.4 Å². The van der Waals surface area contributed by atoms with Crippen LogP contribution in [0.5, 0.6) is 0 Å². The van der Waals surface area contributed by atoms with Gasteiger partial charge in [0.25, 0.3) is 0 Å². The Morgan fingerprint density at radius 2 is 1.87 bits per heavy atom. The maximum atomic E-state index is 12.5. The Morgan fingerprint density at radius 3 is 2.39 bits per heavy atom. The molecule has 0 saturated heterocycles. The van der Waals surface area contributed by atoms with Crippen molar-refractivity contribution in [2.75, 3.05) is 12.4 Å². The van der Waals surface area contributed by atoms with Gasteiger partial charge in [-0.1, -0.05) is 46.7 Å². The minimum atomic E-state index is -0.874. The molecule has 0 bridgehead atoms. The van der Waals surface area contributed by atoms with Crippen molar-refractivity contribution in [1.82, 2.24) is 0 Å². The summed E-state index contributed by atoms with van der Waals surface area (Å²) in [5, 5.41) is 3.11. The van der Waals surface area contributed by atoms with Gasteiger partial charge in [-0.05, 0) is 68.8 Å². The Labute approximate surface area is 196 Å². The molecular weight excluding hydrogens is 514 g/mol. The second-order valence-electron chi connectivity index (χ2n) is 6.66. The van der Waals surface area contributed by atoms with Gasteiger partial charge in [0, 0.05) is 18.3 Å². The Hall–Kier alpha value is -2.23. The molecule has 0 saturated carbocycles. The molecule has 0 heterocycles. The first-order valence-corrected chi connectivity index (χ1v) is 11.2. The minimum absolute atomic E-state index is 0.0671. The normalized spacial score (nSPS) is 14.6. The number of carbonyl (C=O) groups excluding carboxylic acids is 2. The molecule has 4 nitrogen and oxygen atoms in total. The summed E-state index contributed by atoms with van der Waals surface area (Å²) in [6.07, 6.45) is 8.00. The number of carbonyl (C=O) groups is 2. The first-order chi connectivity index (χ1) is 14.9. The van der Waals surface area contributed by atoms with Gasteiger partial charge in [0.1, 0.15) is 12.2 Å². The number of halogens is 3. The van der Waals surface area contributed by atoms with Crippen LogP contribution in [0.2, 0.25) is 6.82 Å². The van der Waals surface area contributed by atoms with Gasteiger partial charge in [0.2, 0.25) is 0 Å². The summed E-state index contributed by atoms with van der Waals surface area (Å²) in [4.78, 5) is 22.1. The lowest BCUT2D eigenvalue weighted by Crippen LogP contribution is -2.17. The molecule has 0 fully saturated rings. The maximum Gasteiger partial charge on any atom is 0.428 e. The summed E-state index contributed by atoms with van der Waals surface area (Å²) in [7, 11) is 1.90. The molecule has 0 radical (unpaired) electrons. The van der Waals surface area contributed by atoms with Crippen LogP contribution in [0.15, 0.2) is 65.8 Å². The first kappa shape index (κ1) is 26.8. The van der Waals surface area contributed by atoms with E-state index >= 15 is 0 Å². The van der Waals surface area contributed by atoms with Crippen molar-refractivity contribution >= 4 is 50.7 Å². The second kappa shape index (κ2) is 14.7. The van der Waals surface area contributed by atoms with E-state index in [1.807, 2.05) is 26.0 Å². The predicted molar refractivity (Wildman–Crippen MR) is 132 cm³/mol. The highest BCUT2D eigenvalue weighted by Crippen LogP contribution is 2.33. The summed E-state index contributed by atoms with van der Waals surface area (Å²) in [6.45, 7) is 3.56. The van der Waals surface area contributed by atoms with E-state index in [0.717, 1.165) is 54.2 Å². The molecule has 1 aliphatic rings. The largest absolute Gasteiger partial charge is 0.522 e. The number of hydrogen-bond donors (Lipinski definition) is 1. The Bertz CT molecular complexity index is 862. The molecule has 0 amide bonds. The maximum absolute atomic E-state index is 12.5. The van der Waals surface area contributed by atoms with Crippen LogP contribution in [0.1, 0.15) is 38.2 Å². The van der Waals surface area contributed by atoms with E-state index in [1.54, 1.807) is 13.0 Å². The number of rotatable bonds is 7. The third kappa shape index (κ3) is 9.20. The van der Waals surface area contributed by atoms with Crippen LogP contribution >= 0.6 is 22.4 Å². The number of hydrogen-bond acceptors (Lipinski definition) is 4. The molecule has 166 valence electrons. The lowest BCUT2D eigenvalue weighted by Gasteiger charge is -2.20. The molecule has 1 aliphatic carbocycles. The van der Waals surface area contributed by atoms with E-state index in [-0.39, 0.29) is 23.4 Å². The molecule has 2 rings (SSSR count). The second-order valence-corrected chi connectivity index (χ2v) is 8.42. The molecular formula is C23H27BF2INO3. The number of nitrogens with one attached hydrogen (secondary N) is 1. The van der Waals surface area contributed by atoms with Gasteiger partial charge in [-0.25, -0.2) is 13.6 Å². The van der Waals surface area contributed by atoms with Crippen LogP contribution < -0.4 is 5.32 Å². The fraction of sp³-hybridized carbons (Fsp3) is 0.304. The zero-order valence-electron chi connectivity index (χ0n) is 18.0. The molecule has 0 unspecified atom stereocenters. The van der Waals surface area contributed by atoms with E-state index in [0.29, 0.717) is 0 Å². The number of allylic oxidation sites excluding steroid dienone is 6. The van der Waals surface area contributed by atoms with Crippen LogP contribution in [0.25, 0.3) is 5.57 Å². The fourth-order valence-electron chi connectivity index (χ4n) is 2.92. The van der Waals surface area contributed by atoms with Gasteiger partial charge < -0.3 is 9.97 Å². The monoisotopic (exact) mass is 541 g/mol. The van der Waals surface area contributed by atoms with Crippen molar-refractivity contribution in [3.8, 4) is 0 Å². The predicted octanol–water partition coefficient (Wildman–Crippen LogP) is 6.62. The number of anilines is 1. The third-order valence-corrected chi connectivity index (χ3v) is 4.72. The van der Waals surface area contributed by atoms with Crippen molar-refractivity contribution in [2.45, 2.75) is 39.4 Å². The first-order valence-electron chi connectivity index (χ1n) is 9.97. The van der Waals surface area contributed by atoms with E-state index in [2.05, 4.69) is 39.8 Å². The summed E-state index contributed by atoms with van der Waals surface area (Å²) >= 11 is 2.11. The van der Waals surface area contributed by atoms with Crippen LogP contribution in [0.3, 0.4) is 0 Å². The molecule has 1 aromatic rings. The van der Waals surface area contributed by atoms with Crippen molar-refractivity contribution in [2.24, 2.45) is 0 Å². The van der Waals surface area contributed by atoms with Gasteiger partial charge in [-0.3, -0.25) is 4.79 Å². The van der Waals surface area contributed by atoms with Gasteiger partial charge in [-0.2, -0.15) is 0 Å². The quantitative estimate of drug-likeness (QED) is 0.139. The Kier molecular flexibility index (Phi) is 12.7. The minimum Gasteiger partial charge on any atom is -0.522 e. The van der Waals surface area contributed by atoms with Crippen molar-refractivity contribution in [3.05, 3.63) is 71.4 Å². The average Bonchev–Trinajstić information content (AvgIpc) is 2.78. The van der Waals surface area contributed by atoms with E-state index in [4.69, 9.17) is 4.65 Å². The highest BCUT2D eigenvalue weighted by molar-refractivity contribution is 14.1. The van der Waals surface area contributed by atoms with E-state index in [9.17, 15) is 18.4 Å². The van der Waals surface area contributed by atoms with Crippen LogP contribution in [-0.2, 0) is 14.2 Å². The molecule has 0 aliphatic heterocycles. The molecule has 1 N–H and O–H groups in total. The summed E-state index contributed by atoms with van der Waals surface area (Å²) in [6, 6.07) is 8.24. The number of benzene rings is 1. The smallest absolute Gasteiger partial charge is 0.428 e. The van der Waals surface area contributed by atoms with Gasteiger partial charge >= 0.3 is 10.7 Å². The molecule has 8 heteroatoms. The van der Waals surface area contributed by atoms with Gasteiger partial charge in [0.15, 0.2) is 6.29 Å². The summed E-state index contributed by atoms with van der Waals surface area (Å²) < 4.78 is 29.4. The lowest BCUT2D eigenvalue weighted by atomic mass is 9.87. The van der Waals surface area contributed by atoms with Crippen LogP contribution in [-0.4, -0.2) is 24.1 Å². The lowest BCUT2D eigenvalue weighted by molar-refractivity contribution is -0.130. The molecule has 31 heavy (non-hydrogen) atoms. The zero-order valence-corrected chi connectivity index (χ0v) is 20.1. The SMILES string of the molecule is CNc1ccc(C2=C(C(=O)OB(C)I)CCCC2)cc1.C\C=C/C=C(F)\C(C=O)=C\F. The molecule has 0 spiro atoms. The van der Waals surface area contributed by atoms with E-state index in [1.165, 1.54) is 6.08 Å². The van der Waals surface area contributed by atoms with Crippen LogP contribution in [0, 0.1) is 0 Å². The van der Waals surface area contributed by atoms with Crippen molar-refractivity contribution in [1.29, 1.82) is 0 Å². The zero-order chi connectivity index (χ0) is 23.2. The van der Waals surface area contributed by atoms with Crippen LogP contribution in [0.4, 0.5) is 14.5 Å². The van der Waals surface area contributed by atoms with Gasteiger partial charge in [0.05, 0.1) is 5.57 Å². The molecule has 0 atom stereocenters. The Balaban J connectivity index is 0.000000373. The van der Waals surface area contributed by atoms with Crippen molar-refractivity contribution in [3.63, 3.8) is 0 Å². The highest BCUT2D eigenvalue weighted by atomic mass is 127. The standard InChI is InChI=1S/C15H19BINO2.C8H8F2O/c1-16(17)20-15(19)14-6-4-3-5-13(14)11-7-9-12(18-2)10-8-11;1-2-3-4-8(10)7(5-9)6-11/h7-10,18H,3-6H2,1-2H3;2-6H,1H3/b;3-2-,7-5+,8-4+. The van der Waals surface area contributed by atoms with Gasteiger partial charge in [-0.15, -0.1) is 0 Å². The molecule has 0 aromatic heterocycles. The van der Waals surface area contributed by atoms with Crippen molar-refractivity contribution < 1.29 is 23.0 Å². The highest BCUT2D eigenvalue weighted by Gasteiger charge is 2.23. The Morgan fingerprint density at radius 1 is 1.23 bits per heavy atom. The summed E-state index contributed by atoms with van der Waals surface area (Å²) in [5.41, 5.74) is 3.65. The fourth-order valence-corrected chi connectivity index (χ4v) is 3.15. The third-order valence-electron chi connectivity index (χ3n) is 4.46. The molecule has 1 aromatic carbocycles. The number of aldehydes is 1. The summed E-state index contributed by atoms with van der Waals surface area (Å²) in [5.74, 6) is -1.03. The topological polar surface area (TPSA) is 55.4 Å².